The van der Waals surface area contributed by atoms with Crippen molar-refractivity contribution < 1.29 is 18.3 Å². The number of methoxy groups -OCH3 is 1. The normalized spacial score (nSPS) is 10.2. The van der Waals surface area contributed by atoms with Gasteiger partial charge in [0.25, 0.3) is 5.91 Å². The molecule has 2 rings (SSSR count). The number of nitrogen functional groups attached to an aromatic ring is 1. The summed E-state index contributed by atoms with van der Waals surface area (Å²) in [6, 6.07) is 4.76. The third kappa shape index (κ3) is 2.66. The van der Waals surface area contributed by atoms with Gasteiger partial charge < -0.3 is 15.8 Å². The highest BCUT2D eigenvalue weighted by atomic mass is 19.1. The number of aromatic nitrogens is 1. The smallest absolute Gasteiger partial charge is 0.258 e. The maximum atomic E-state index is 13.7. The van der Waals surface area contributed by atoms with Crippen LogP contribution in [0.3, 0.4) is 0 Å². The summed E-state index contributed by atoms with van der Waals surface area (Å²) in [7, 11) is 1.33. The fraction of sp³-hybridized carbons (Fsp3) is 0.0769. The van der Waals surface area contributed by atoms with Crippen molar-refractivity contribution >= 4 is 17.4 Å². The number of halogens is 2. The highest BCUT2D eigenvalue weighted by Gasteiger charge is 2.16. The molecule has 0 aliphatic heterocycles. The minimum Gasteiger partial charge on any atom is -0.494 e. The van der Waals surface area contributed by atoms with Crippen LogP contribution in [0.25, 0.3) is 0 Å². The fourth-order valence-electron chi connectivity index (χ4n) is 1.59. The van der Waals surface area contributed by atoms with Crippen molar-refractivity contribution in [3.05, 3.63) is 47.7 Å². The van der Waals surface area contributed by atoms with Crippen molar-refractivity contribution in [2.75, 3.05) is 18.2 Å². The Balaban J connectivity index is 2.30. The number of carbonyl (C=O) groups excluding carboxylic acids is 1. The Kier molecular flexibility index (Phi) is 3.79. The van der Waals surface area contributed by atoms with Crippen LogP contribution in [-0.4, -0.2) is 18.0 Å². The zero-order valence-electron chi connectivity index (χ0n) is 10.5. The zero-order chi connectivity index (χ0) is 14.7. The first-order valence-electron chi connectivity index (χ1n) is 5.57. The summed E-state index contributed by atoms with van der Waals surface area (Å²) >= 11 is 0. The van der Waals surface area contributed by atoms with Gasteiger partial charge in [-0.05, 0) is 18.2 Å². The lowest BCUT2D eigenvalue weighted by molar-refractivity contribution is 0.102. The average Bonchev–Trinajstić information content (AvgIpc) is 2.43. The summed E-state index contributed by atoms with van der Waals surface area (Å²) in [4.78, 5) is 15.5. The van der Waals surface area contributed by atoms with Crippen LogP contribution < -0.4 is 15.8 Å². The third-order valence-electron chi connectivity index (χ3n) is 2.57. The molecule has 0 atom stereocenters. The van der Waals surface area contributed by atoms with E-state index in [-0.39, 0.29) is 22.8 Å². The number of nitrogens with two attached hydrogens (primary N) is 1. The second-order valence-electron chi connectivity index (χ2n) is 3.86. The zero-order valence-corrected chi connectivity index (χ0v) is 10.5. The number of nitrogens with one attached hydrogen (secondary N) is 1. The summed E-state index contributed by atoms with van der Waals surface area (Å²) in [6.07, 6.45) is 1.22. The van der Waals surface area contributed by atoms with Gasteiger partial charge in [-0.15, -0.1) is 0 Å². The van der Waals surface area contributed by atoms with Crippen LogP contribution in [-0.2, 0) is 0 Å². The minimum atomic E-state index is -0.911. The summed E-state index contributed by atoms with van der Waals surface area (Å²) in [5.74, 6) is -2.41. The van der Waals surface area contributed by atoms with Crippen LogP contribution in [0.4, 0.5) is 20.3 Å². The molecule has 0 bridgehead atoms. The predicted octanol–water partition coefficient (Wildman–Crippen LogP) is 2.20. The highest BCUT2D eigenvalue weighted by Crippen LogP contribution is 2.26. The second kappa shape index (κ2) is 5.52. The molecule has 5 nitrogen and oxygen atoms in total. The molecule has 104 valence electrons. The number of nitrogens with zero attached hydrogens (tertiary/aromatic N) is 1. The van der Waals surface area contributed by atoms with Gasteiger partial charge >= 0.3 is 0 Å². The second-order valence-corrected chi connectivity index (χ2v) is 3.86. The van der Waals surface area contributed by atoms with E-state index in [0.717, 1.165) is 12.1 Å². The number of carbonyl (C=O) groups is 1. The Labute approximate surface area is 113 Å². The first-order chi connectivity index (χ1) is 9.52. The number of pyridine rings is 1. The third-order valence-corrected chi connectivity index (χ3v) is 2.57. The van der Waals surface area contributed by atoms with Crippen LogP contribution >= 0.6 is 0 Å². The van der Waals surface area contributed by atoms with Gasteiger partial charge in [-0.1, -0.05) is 0 Å². The average molecular weight is 279 g/mol. The number of hydrogen-bond acceptors (Lipinski definition) is 4. The first-order valence-corrected chi connectivity index (χ1v) is 5.57. The largest absolute Gasteiger partial charge is 0.494 e. The van der Waals surface area contributed by atoms with Gasteiger partial charge in [-0.3, -0.25) is 4.79 Å². The molecule has 0 spiro atoms. The van der Waals surface area contributed by atoms with Gasteiger partial charge in [-0.25, -0.2) is 13.8 Å². The van der Waals surface area contributed by atoms with E-state index in [1.165, 1.54) is 25.4 Å². The molecule has 1 aromatic heterocycles. The van der Waals surface area contributed by atoms with Crippen molar-refractivity contribution in [2.24, 2.45) is 0 Å². The molecule has 0 saturated heterocycles. The molecule has 0 aliphatic rings. The van der Waals surface area contributed by atoms with Gasteiger partial charge in [0.2, 0.25) is 0 Å². The fourth-order valence-corrected chi connectivity index (χ4v) is 1.59. The SMILES string of the molecule is COc1cc(F)ccc1NC(=O)c1ccnc(N)c1F. The molecule has 1 amide bonds. The minimum absolute atomic E-state index is 0.126. The molecular formula is C13H11F2N3O2. The molecule has 0 unspecified atom stereocenters. The molecule has 20 heavy (non-hydrogen) atoms. The van der Waals surface area contributed by atoms with E-state index in [1.807, 2.05) is 0 Å². The molecular weight excluding hydrogens is 268 g/mol. The molecule has 0 radical (unpaired) electrons. The van der Waals surface area contributed by atoms with Crippen molar-refractivity contribution in [1.29, 1.82) is 0 Å². The quantitative estimate of drug-likeness (QED) is 0.903. The van der Waals surface area contributed by atoms with E-state index >= 15 is 0 Å². The van der Waals surface area contributed by atoms with E-state index in [2.05, 4.69) is 10.3 Å². The molecule has 2 aromatic rings. The summed E-state index contributed by atoms with van der Waals surface area (Å²) in [6.45, 7) is 0. The maximum Gasteiger partial charge on any atom is 0.258 e. The molecule has 3 N–H and O–H groups in total. The number of amides is 1. The Morgan fingerprint density at radius 1 is 1.35 bits per heavy atom. The van der Waals surface area contributed by atoms with Crippen LogP contribution in [0.1, 0.15) is 10.4 Å². The van der Waals surface area contributed by atoms with E-state index < -0.39 is 17.5 Å². The van der Waals surface area contributed by atoms with E-state index in [0.29, 0.717) is 0 Å². The number of benzene rings is 1. The van der Waals surface area contributed by atoms with Gasteiger partial charge in [0.15, 0.2) is 11.6 Å². The van der Waals surface area contributed by atoms with Crippen LogP contribution in [0, 0.1) is 11.6 Å². The van der Waals surface area contributed by atoms with Gasteiger partial charge in [0.1, 0.15) is 11.6 Å². The van der Waals surface area contributed by atoms with Gasteiger partial charge in [-0.2, -0.15) is 0 Å². The molecule has 0 fully saturated rings. The molecule has 0 saturated carbocycles. The first kappa shape index (κ1) is 13.7. The topological polar surface area (TPSA) is 77.2 Å². The van der Waals surface area contributed by atoms with Gasteiger partial charge in [0, 0.05) is 12.3 Å². The molecule has 0 aliphatic carbocycles. The number of anilines is 2. The molecule has 1 aromatic carbocycles. The Bertz CT molecular complexity index is 662. The van der Waals surface area contributed by atoms with Crippen LogP contribution in [0.5, 0.6) is 5.75 Å². The van der Waals surface area contributed by atoms with E-state index in [9.17, 15) is 13.6 Å². The lowest BCUT2D eigenvalue weighted by Gasteiger charge is -2.10. The van der Waals surface area contributed by atoms with E-state index in [4.69, 9.17) is 10.5 Å². The Hall–Kier alpha value is -2.70. The summed E-state index contributed by atoms with van der Waals surface area (Å²) < 4.78 is 31.6. The van der Waals surface area contributed by atoms with Gasteiger partial charge in [0.05, 0.1) is 18.4 Å². The van der Waals surface area contributed by atoms with Crippen LogP contribution in [0.2, 0.25) is 0 Å². The van der Waals surface area contributed by atoms with Crippen molar-refractivity contribution in [3.8, 4) is 5.75 Å². The molecule has 1 heterocycles. The van der Waals surface area contributed by atoms with Crippen LogP contribution in [0.15, 0.2) is 30.5 Å². The van der Waals surface area contributed by atoms with E-state index in [1.54, 1.807) is 0 Å². The van der Waals surface area contributed by atoms with Crippen molar-refractivity contribution in [2.45, 2.75) is 0 Å². The number of rotatable bonds is 3. The maximum absolute atomic E-state index is 13.7. The predicted molar refractivity (Wildman–Crippen MR) is 69.5 cm³/mol. The Morgan fingerprint density at radius 2 is 2.10 bits per heavy atom. The standard InChI is InChI=1S/C13H11F2N3O2/c1-20-10-6-7(14)2-3-9(10)18-13(19)8-4-5-17-12(16)11(8)15/h2-6H,1H3,(H2,16,17)(H,18,19). The summed E-state index contributed by atoms with van der Waals surface area (Å²) in [5, 5.41) is 2.42. The lowest BCUT2D eigenvalue weighted by Crippen LogP contribution is -2.15. The summed E-state index contributed by atoms with van der Waals surface area (Å²) in [5.41, 5.74) is 5.24. The number of hydrogen-bond donors (Lipinski definition) is 2. The highest BCUT2D eigenvalue weighted by molar-refractivity contribution is 6.05. The lowest BCUT2D eigenvalue weighted by atomic mass is 10.2. The van der Waals surface area contributed by atoms with Crippen molar-refractivity contribution in [3.63, 3.8) is 0 Å². The number of ether oxygens (including phenoxy) is 1. The molecule has 7 heteroatoms. The monoisotopic (exact) mass is 279 g/mol. The Morgan fingerprint density at radius 3 is 2.80 bits per heavy atom. The van der Waals surface area contributed by atoms with Crippen molar-refractivity contribution in [1.82, 2.24) is 4.98 Å².